The van der Waals surface area contributed by atoms with Gasteiger partial charge in [-0.3, -0.25) is 23.7 Å². The van der Waals surface area contributed by atoms with Gasteiger partial charge in [0.1, 0.15) is 41.1 Å². The number of carbonyl (C=O) groups is 4. The van der Waals surface area contributed by atoms with E-state index >= 15 is 0 Å². The predicted molar refractivity (Wildman–Crippen MR) is 312 cm³/mol. The summed E-state index contributed by atoms with van der Waals surface area (Å²) in [7, 11) is 0. The summed E-state index contributed by atoms with van der Waals surface area (Å²) >= 11 is 7.66. The molecule has 26 heteroatoms. The van der Waals surface area contributed by atoms with Crippen molar-refractivity contribution >= 4 is 67.8 Å². The zero-order chi connectivity index (χ0) is 59.3. The van der Waals surface area contributed by atoms with Crippen LogP contribution in [0.4, 0.5) is 15.1 Å². The minimum atomic E-state index is -0.980. The molecular formula is C56H81ClN7NaO15S2. The van der Waals surface area contributed by atoms with E-state index in [1.165, 1.54) is 108 Å². The first-order chi connectivity index (χ1) is 37.9. The molecule has 3 unspecified atom stereocenters. The second-order valence-corrected chi connectivity index (χ2v) is 22.7. The largest absolute Gasteiger partial charge is 1.00 e. The minimum absolute atomic E-state index is 0. The van der Waals surface area contributed by atoms with E-state index in [2.05, 4.69) is 24.4 Å². The average Bonchev–Trinajstić information content (AvgIpc) is 4.24. The number of thiazole rings is 2. The van der Waals surface area contributed by atoms with Crippen LogP contribution in [0.3, 0.4) is 0 Å². The van der Waals surface area contributed by atoms with Crippen molar-refractivity contribution in [1.82, 2.24) is 19.1 Å². The molecule has 5 aromatic heterocycles. The van der Waals surface area contributed by atoms with Crippen LogP contribution in [0.2, 0.25) is 0 Å². The molecule has 0 radical (unpaired) electrons. The number of halogens is 1. The van der Waals surface area contributed by atoms with Crippen molar-refractivity contribution < 1.29 is 88.9 Å². The Bertz CT molecular complexity index is 2810. The molecule has 3 aliphatic rings. The van der Waals surface area contributed by atoms with E-state index in [9.17, 15) is 48.9 Å². The van der Waals surface area contributed by atoms with Crippen LogP contribution in [0.15, 0.2) is 78.4 Å². The smallest absolute Gasteiger partial charge is 0.870 e. The van der Waals surface area contributed by atoms with Crippen LogP contribution in [-0.4, -0.2) is 86.0 Å². The van der Waals surface area contributed by atoms with Crippen LogP contribution in [0, 0.1) is 44.4 Å². The summed E-state index contributed by atoms with van der Waals surface area (Å²) in [5.74, 6) is -0.179. The van der Waals surface area contributed by atoms with E-state index < -0.39 is 46.7 Å². The van der Waals surface area contributed by atoms with Crippen molar-refractivity contribution in [2.24, 2.45) is 29.4 Å². The Labute approximate surface area is 512 Å². The summed E-state index contributed by atoms with van der Waals surface area (Å²) < 4.78 is 11.8. The number of hydrogen-bond donors (Lipinski definition) is 8. The molecule has 3 fully saturated rings. The van der Waals surface area contributed by atoms with Gasteiger partial charge in [0, 0.05) is 64.3 Å². The fourth-order valence-corrected chi connectivity index (χ4v) is 10.7. The number of nitrogens with one attached hydrogen (secondary N) is 1. The van der Waals surface area contributed by atoms with Gasteiger partial charge >= 0.3 is 52.5 Å². The van der Waals surface area contributed by atoms with Crippen molar-refractivity contribution in [2.75, 3.05) is 17.7 Å². The normalized spacial score (nSPS) is 15.2. The molecule has 3 saturated carbocycles. The topological polar surface area (TPSA) is 373 Å². The first-order valence-corrected chi connectivity index (χ1v) is 29.1. The number of aromatic nitrogens is 4. The van der Waals surface area contributed by atoms with Crippen LogP contribution in [0.25, 0.3) is 0 Å². The van der Waals surface area contributed by atoms with E-state index in [1.807, 2.05) is 19.2 Å². The third-order valence-corrected chi connectivity index (χ3v) is 14.8. The molecule has 1 amide bonds. The molecule has 8 rings (SSSR count). The summed E-state index contributed by atoms with van der Waals surface area (Å²) in [4.78, 5) is 87.4. The van der Waals surface area contributed by atoms with Crippen LogP contribution >= 0.6 is 34.3 Å². The number of nitrogen functional groups attached to an aromatic ring is 1. The summed E-state index contributed by atoms with van der Waals surface area (Å²) in [6.07, 6.45) is 22.6. The maximum Gasteiger partial charge on any atom is 1.00 e. The van der Waals surface area contributed by atoms with Crippen molar-refractivity contribution in [3.63, 3.8) is 0 Å². The van der Waals surface area contributed by atoms with Gasteiger partial charge < -0.3 is 61.5 Å². The second kappa shape index (κ2) is 39.8. The van der Waals surface area contributed by atoms with Crippen LogP contribution < -0.4 is 63.1 Å². The Kier molecular flexibility index (Phi) is 36.1. The Morgan fingerprint density at radius 2 is 1.12 bits per heavy atom. The minimum Gasteiger partial charge on any atom is -0.870 e. The Hall–Kier alpha value is -5.60. The molecule has 0 saturated heterocycles. The van der Waals surface area contributed by atoms with Gasteiger partial charge in [-0.25, -0.2) is 24.4 Å². The van der Waals surface area contributed by atoms with Gasteiger partial charge in [-0.2, -0.15) is 0 Å². The molecule has 0 bridgehead atoms. The number of carbonyl (C=O) groups excluding carboxylic acids is 2. The summed E-state index contributed by atoms with van der Waals surface area (Å²) in [5, 5.41) is 53.4. The maximum absolute atomic E-state index is 12.9. The number of hydrogen-bond acceptors (Lipinski definition) is 19. The number of carboxylic acids is 2. The molecule has 0 aromatic carbocycles. The number of rotatable bonds is 14. The van der Waals surface area contributed by atoms with Crippen molar-refractivity contribution in [2.45, 2.75) is 168 Å². The zero-order valence-electron chi connectivity index (χ0n) is 47.7. The van der Waals surface area contributed by atoms with Gasteiger partial charge in [-0.05, 0) is 75.8 Å². The van der Waals surface area contributed by atoms with E-state index in [-0.39, 0.29) is 63.7 Å². The number of nitrogens with two attached hydrogens (primary N) is 2. The third kappa shape index (κ3) is 29.1. The van der Waals surface area contributed by atoms with Gasteiger partial charge in [0.05, 0.1) is 12.7 Å². The number of aromatic hydroxyl groups is 3. The Morgan fingerprint density at radius 1 is 0.683 bits per heavy atom. The molecule has 82 heavy (non-hydrogen) atoms. The third-order valence-electron chi connectivity index (χ3n) is 13.4. The number of anilines is 2. The van der Waals surface area contributed by atoms with Crippen molar-refractivity contribution in [3.05, 3.63) is 108 Å². The maximum atomic E-state index is 12.9. The predicted octanol–water partition coefficient (Wildman–Crippen LogP) is 7.52. The van der Waals surface area contributed by atoms with E-state index in [0.29, 0.717) is 77.0 Å². The van der Waals surface area contributed by atoms with Crippen LogP contribution in [0.1, 0.15) is 159 Å². The van der Waals surface area contributed by atoms with E-state index in [0.717, 1.165) is 56.7 Å². The van der Waals surface area contributed by atoms with Gasteiger partial charge in [0.15, 0.2) is 10.3 Å². The fourth-order valence-electron chi connectivity index (χ4n) is 9.72. The second-order valence-electron chi connectivity index (χ2n) is 20.5. The molecule has 0 aliphatic heterocycles. The van der Waals surface area contributed by atoms with Crippen LogP contribution in [-0.2, 0) is 19.1 Å². The quantitative estimate of drug-likeness (QED) is 0.0393. The standard InChI is InChI=1S/C18H23N3O3S.C15H21NO4.C9H17NO2.C6H6O3.C5H9ClO2.C3H4N2S.Na.H2O/c1-12-9-14(22)11-16(23)21(12)15(10-13-5-3-2-4-6-13)17(24)20-18-19-7-8-25-18;1-10-7-12(17)9-14(18)16(10)13(15(19)20)8-11-5-3-2-4-6-11;10-8(9(11)12)6-7-4-2-1-3-5-7;1-4-2-5(7)3-6(8)9-4;1-4(2)3-8-5(6)7;4-3-5-1-2-6-3;;/h7-9,11,13,15,22H,2-6,10H2,1H3,(H,19,20,24);7,9,11,13,17H,2-6,8H2,1H3,(H,19,20);7-8H,1-6,10H2,(H,11,12);2-3,7H,1H3;4H,3H2,1-2H3;1-2H,(H2,4,5);;1H2/q;;;;;;+1;/p-1. The summed E-state index contributed by atoms with van der Waals surface area (Å²) in [6.45, 7) is 9.28. The molecular weight excluding hydrogens is 1130 g/mol. The molecule has 3 atom stereocenters. The zero-order valence-corrected chi connectivity index (χ0v) is 52.1. The van der Waals surface area contributed by atoms with E-state index in [1.54, 1.807) is 38.5 Å². The van der Waals surface area contributed by atoms with Gasteiger partial charge in [0.2, 0.25) is 5.91 Å². The molecule has 0 spiro atoms. The number of aryl methyl sites for hydroxylation is 3. The van der Waals surface area contributed by atoms with Crippen molar-refractivity contribution in [3.8, 4) is 17.2 Å². The number of carboxylic acid groups (broad SMARTS) is 2. The number of pyridine rings is 2. The molecule has 22 nitrogen and oxygen atoms in total. The SMILES string of the molecule is CC(C)COC(=O)Cl.Cc1cc(O)cc(=O)n1C(CC1CCCCC1)C(=O)Nc1nccs1.Cc1cc(O)cc(=O)n1C(CC1CCCCC1)C(=O)O.Cc1cc(O)cc(=O)o1.NC(CC1CCCCC1)C(=O)O.Nc1nccs1.[Na+].[OH-]. The van der Waals surface area contributed by atoms with Crippen LogP contribution in [0.5, 0.6) is 17.2 Å². The van der Waals surface area contributed by atoms with E-state index in [4.69, 9.17) is 33.3 Å². The summed E-state index contributed by atoms with van der Waals surface area (Å²) in [5.41, 5.74) is 9.65. The van der Waals surface area contributed by atoms with Crippen molar-refractivity contribution in [1.29, 1.82) is 0 Å². The van der Waals surface area contributed by atoms with Gasteiger partial charge in [0.25, 0.3) is 11.1 Å². The average molecular weight is 1210 g/mol. The molecule has 450 valence electrons. The number of amides is 1. The van der Waals surface area contributed by atoms with Gasteiger partial charge in [-0.15, -0.1) is 22.7 Å². The fraction of sp³-hybridized carbons (Fsp3) is 0.554. The molecule has 5 heterocycles. The number of aliphatic carboxylic acids is 2. The Balaban J connectivity index is 0.000000525. The number of nitrogens with zero attached hydrogens (tertiary/aromatic N) is 4. The molecule has 5 aromatic rings. The molecule has 11 N–H and O–H groups in total. The first-order valence-electron chi connectivity index (χ1n) is 27.0. The summed E-state index contributed by atoms with van der Waals surface area (Å²) in [6, 6.07) is 5.50. The monoisotopic (exact) mass is 1210 g/mol. The first kappa shape index (κ1) is 74.4. The van der Waals surface area contributed by atoms with Gasteiger partial charge in [-0.1, -0.05) is 110 Å². The molecule has 3 aliphatic carbocycles. The number of ether oxygens (including phenoxy) is 1. The Morgan fingerprint density at radius 3 is 1.46 bits per heavy atom.